The van der Waals surface area contributed by atoms with Crippen LogP contribution in [0.5, 0.6) is 0 Å². The van der Waals surface area contributed by atoms with Crippen molar-refractivity contribution in [3.63, 3.8) is 0 Å². The van der Waals surface area contributed by atoms with Crippen molar-refractivity contribution in [2.45, 2.75) is 6.42 Å². The molecule has 0 aliphatic carbocycles. The first-order valence-corrected chi connectivity index (χ1v) is 4.99. The first kappa shape index (κ1) is 10.8. The highest BCUT2D eigenvalue weighted by Crippen LogP contribution is 2.22. The van der Waals surface area contributed by atoms with E-state index < -0.39 is 16.6 Å². The predicted octanol–water partition coefficient (Wildman–Crippen LogP) is 0.332. The number of nitro groups is 1. The number of ether oxygens (including phenoxy) is 1. The van der Waals surface area contributed by atoms with E-state index in [0.717, 1.165) is 19.3 Å². The fourth-order valence-corrected chi connectivity index (χ4v) is 1.99. The average molecular weight is 218 g/mol. The molecule has 1 aliphatic heterocycles. The highest BCUT2D eigenvalue weighted by atomic mass is 32.2. The van der Waals surface area contributed by atoms with Crippen molar-refractivity contribution in [1.29, 1.82) is 0 Å². The van der Waals surface area contributed by atoms with Crippen LogP contribution in [0.25, 0.3) is 0 Å². The number of carbonyl (C=O) groups is 1. The largest absolute Gasteiger partial charge is 0.461 e. The van der Waals surface area contributed by atoms with Gasteiger partial charge in [-0.05, 0) is 6.42 Å². The van der Waals surface area contributed by atoms with Gasteiger partial charge in [-0.1, -0.05) is 0 Å². The Labute approximate surface area is 84.8 Å². The van der Waals surface area contributed by atoms with Gasteiger partial charge in [-0.15, -0.1) is 11.8 Å². The van der Waals surface area contributed by atoms with Crippen LogP contribution in [0.3, 0.4) is 0 Å². The molecule has 1 fully saturated rings. The lowest BCUT2D eigenvalue weighted by Gasteiger charge is -2.14. The van der Waals surface area contributed by atoms with Crippen LogP contribution in [0.4, 0.5) is 0 Å². The van der Waals surface area contributed by atoms with Crippen molar-refractivity contribution in [1.82, 2.24) is 5.32 Å². The molecule has 1 saturated heterocycles. The Hall–Kier alpha value is -1.24. The number of rotatable bonds is 2. The third-order valence-electron chi connectivity index (χ3n) is 1.63. The van der Waals surface area contributed by atoms with Crippen molar-refractivity contribution in [3.05, 3.63) is 20.8 Å². The van der Waals surface area contributed by atoms with E-state index in [4.69, 9.17) is 0 Å². The van der Waals surface area contributed by atoms with Crippen molar-refractivity contribution >= 4 is 17.7 Å². The average Bonchev–Trinajstić information content (AvgIpc) is 2.19. The molecule has 0 bridgehead atoms. The summed E-state index contributed by atoms with van der Waals surface area (Å²) in [5.41, 5.74) is -0.503. The van der Waals surface area contributed by atoms with Crippen LogP contribution in [0.2, 0.25) is 0 Å². The minimum absolute atomic E-state index is 0.299. The van der Waals surface area contributed by atoms with Gasteiger partial charge in [-0.25, -0.2) is 4.79 Å². The number of nitrogens with zero attached hydrogens (tertiary/aromatic N) is 1. The molecule has 7 heteroatoms. The van der Waals surface area contributed by atoms with Gasteiger partial charge in [0.05, 0.1) is 12.0 Å². The Morgan fingerprint density at radius 3 is 2.86 bits per heavy atom. The van der Waals surface area contributed by atoms with Gasteiger partial charge in [0.1, 0.15) is 0 Å². The van der Waals surface area contributed by atoms with Gasteiger partial charge in [0, 0.05) is 12.3 Å². The minimum Gasteiger partial charge on any atom is -0.461 e. The maximum Gasteiger partial charge on any atom is 0.412 e. The normalized spacial score (nSPS) is 19.5. The zero-order chi connectivity index (χ0) is 10.6. The third kappa shape index (κ3) is 2.38. The summed E-state index contributed by atoms with van der Waals surface area (Å²) in [5, 5.41) is 13.7. The number of hydrogen-bond acceptors (Lipinski definition) is 6. The molecule has 0 radical (unpaired) electrons. The summed E-state index contributed by atoms with van der Waals surface area (Å²) in [4.78, 5) is 21.0. The number of methoxy groups -OCH3 is 1. The molecule has 0 spiro atoms. The van der Waals surface area contributed by atoms with Crippen molar-refractivity contribution < 1.29 is 14.5 Å². The van der Waals surface area contributed by atoms with Crippen LogP contribution in [0.15, 0.2) is 10.7 Å². The molecular formula is C7H10N2O4S. The number of nitrogens with one attached hydrogen (secondary N) is 1. The first-order valence-electron chi connectivity index (χ1n) is 4.00. The number of hydrogen-bond donors (Lipinski definition) is 1. The first-order chi connectivity index (χ1) is 6.66. The summed E-state index contributed by atoms with van der Waals surface area (Å²) in [7, 11) is 1.12. The molecule has 0 amide bonds. The number of esters is 1. The fourth-order valence-electron chi connectivity index (χ4n) is 0.998. The highest BCUT2D eigenvalue weighted by molar-refractivity contribution is 8.03. The van der Waals surface area contributed by atoms with Crippen LogP contribution < -0.4 is 5.32 Å². The molecule has 1 N–H and O–H groups in total. The zero-order valence-electron chi connectivity index (χ0n) is 7.61. The van der Waals surface area contributed by atoms with Gasteiger partial charge in [0.15, 0.2) is 5.03 Å². The number of carbonyl (C=O) groups excluding carboxylic acids is 1. The molecular weight excluding hydrogens is 208 g/mol. The Morgan fingerprint density at radius 1 is 1.71 bits per heavy atom. The molecule has 0 saturated carbocycles. The summed E-state index contributed by atoms with van der Waals surface area (Å²) >= 11 is 1.27. The van der Waals surface area contributed by atoms with Crippen LogP contribution in [0, 0.1) is 10.1 Å². The predicted molar refractivity (Wildman–Crippen MR) is 51.1 cm³/mol. The second kappa shape index (κ2) is 4.85. The van der Waals surface area contributed by atoms with Crippen molar-refractivity contribution in [3.8, 4) is 0 Å². The zero-order valence-corrected chi connectivity index (χ0v) is 8.43. The lowest BCUT2D eigenvalue weighted by molar-refractivity contribution is -0.422. The van der Waals surface area contributed by atoms with E-state index in [0.29, 0.717) is 11.6 Å². The van der Waals surface area contributed by atoms with Crippen molar-refractivity contribution in [2.75, 3.05) is 19.4 Å². The Kier molecular flexibility index (Phi) is 3.75. The van der Waals surface area contributed by atoms with E-state index in [2.05, 4.69) is 10.1 Å². The van der Waals surface area contributed by atoms with Crippen LogP contribution in [0.1, 0.15) is 6.42 Å². The smallest absolute Gasteiger partial charge is 0.412 e. The Bertz CT molecular complexity index is 281. The van der Waals surface area contributed by atoms with Crippen LogP contribution in [-0.2, 0) is 9.53 Å². The molecule has 0 aromatic rings. The topological polar surface area (TPSA) is 81.5 Å². The summed E-state index contributed by atoms with van der Waals surface area (Å²) in [6.07, 6.45) is 0.931. The Morgan fingerprint density at radius 2 is 2.43 bits per heavy atom. The minimum atomic E-state index is -0.910. The SMILES string of the molecule is COC(=O)/C(=C1/NCCCS1)[N+](=O)[O-]. The molecule has 0 aromatic heterocycles. The van der Waals surface area contributed by atoms with Gasteiger partial charge >= 0.3 is 11.7 Å². The second-order valence-electron chi connectivity index (χ2n) is 2.56. The molecule has 1 rings (SSSR count). The van der Waals surface area contributed by atoms with Crippen molar-refractivity contribution in [2.24, 2.45) is 0 Å². The van der Waals surface area contributed by atoms with E-state index in [1.807, 2.05) is 0 Å². The second-order valence-corrected chi connectivity index (χ2v) is 3.66. The van der Waals surface area contributed by atoms with Gasteiger partial charge in [0.2, 0.25) is 0 Å². The molecule has 1 aliphatic rings. The van der Waals surface area contributed by atoms with E-state index >= 15 is 0 Å². The third-order valence-corrected chi connectivity index (χ3v) is 2.75. The van der Waals surface area contributed by atoms with E-state index in [-0.39, 0.29) is 0 Å². The number of thioether (sulfide) groups is 1. The van der Waals surface area contributed by atoms with Gasteiger partial charge in [0.25, 0.3) is 0 Å². The molecule has 0 unspecified atom stereocenters. The quantitative estimate of drug-likeness (QED) is 0.311. The lowest BCUT2D eigenvalue weighted by atomic mass is 10.4. The maximum absolute atomic E-state index is 11.1. The molecule has 78 valence electrons. The molecule has 0 aromatic carbocycles. The molecule has 14 heavy (non-hydrogen) atoms. The van der Waals surface area contributed by atoms with Crippen LogP contribution in [-0.4, -0.2) is 30.3 Å². The van der Waals surface area contributed by atoms with E-state index in [9.17, 15) is 14.9 Å². The summed E-state index contributed by atoms with van der Waals surface area (Å²) in [5.74, 6) is -0.136. The molecule has 1 heterocycles. The van der Waals surface area contributed by atoms with Crippen LogP contribution >= 0.6 is 11.8 Å². The molecule has 6 nitrogen and oxygen atoms in total. The lowest BCUT2D eigenvalue weighted by Crippen LogP contribution is -2.26. The summed E-state index contributed by atoms with van der Waals surface area (Å²) in [6.45, 7) is 0.649. The standard InChI is InChI=1S/C7H10N2O4S/c1-13-7(10)5(9(11)12)6-8-3-2-4-14-6/h8H,2-4H2,1H3/b6-5+. The van der Waals surface area contributed by atoms with Gasteiger partial charge in [-0.3, -0.25) is 10.1 Å². The van der Waals surface area contributed by atoms with E-state index in [1.54, 1.807) is 0 Å². The highest BCUT2D eigenvalue weighted by Gasteiger charge is 2.30. The fraction of sp³-hybridized carbons (Fsp3) is 0.571. The van der Waals surface area contributed by atoms with Gasteiger partial charge in [-0.2, -0.15) is 0 Å². The van der Waals surface area contributed by atoms with Gasteiger partial charge < -0.3 is 10.1 Å². The molecule has 0 atom stereocenters. The summed E-state index contributed by atoms with van der Waals surface area (Å²) in [6, 6.07) is 0. The maximum atomic E-state index is 11.1. The monoisotopic (exact) mass is 218 g/mol. The van der Waals surface area contributed by atoms with E-state index in [1.165, 1.54) is 11.8 Å². The Balaban J connectivity index is 2.94. The summed E-state index contributed by atoms with van der Waals surface area (Å²) < 4.78 is 4.34.